The number of rotatable bonds is 5. The van der Waals surface area contributed by atoms with Crippen LogP contribution in [0, 0.1) is 6.92 Å². The Hall–Kier alpha value is -2.11. The summed E-state index contributed by atoms with van der Waals surface area (Å²) in [4.78, 5) is 0.365. The molecule has 130 valence electrons. The number of benzene rings is 2. The Morgan fingerprint density at radius 2 is 1.76 bits per heavy atom. The number of aryl methyl sites for hydroxylation is 2. The van der Waals surface area contributed by atoms with Gasteiger partial charge in [0.15, 0.2) is 0 Å². The average Bonchev–Trinajstić information content (AvgIpc) is 3.32. The van der Waals surface area contributed by atoms with Gasteiger partial charge in [-0.25, -0.2) is 13.1 Å². The quantitative estimate of drug-likeness (QED) is 0.762. The number of nitrogens with one attached hydrogen (secondary N) is 1. The maximum atomic E-state index is 12.7. The molecule has 5 heteroatoms. The van der Waals surface area contributed by atoms with Gasteiger partial charge in [0.2, 0.25) is 10.0 Å². The van der Waals surface area contributed by atoms with Crippen LogP contribution in [-0.4, -0.2) is 19.5 Å². The average molecular weight is 354 g/mol. The topological polar surface area (TPSA) is 51.1 Å². The van der Waals surface area contributed by atoms with E-state index >= 15 is 0 Å². The predicted octanol–water partition coefficient (Wildman–Crippen LogP) is 3.50. The summed E-state index contributed by atoms with van der Waals surface area (Å²) in [5.74, 6) is 0. The molecule has 4 nitrogen and oxygen atoms in total. The van der Waals surface area contributed by atoms with Crippen LogP contribution in [-0.2, 0) is 22.5 Å². The molecule has 0 atom stereocenters. The Bertz CT molecular complexity index is 1050. The molecule has 1 aliphatic rings. The Balaban J connectivity index is 1.64. The highest BCUT2D eigenvalue weighted by Gasteiger charge is 2.46. The van der Waals surface area contributed by atoms with Crippen LogP contribution in [0.1, 0.15) is 24.0 Å². The lowest BCUT2D eigenvalue weighted by molar-refractivity contribution is 0.567. The molecule has 3 aromatic rings. The van der Waals surface area contributed by atoms with Crippen molar-refractivity contribution in [2.24, 2.45) is 7.05 Å². The zero-order valence-electron chi connectivity index (χ0n) is 14.5. The van der Waals surface area contributed by atoms with Gasteiger partial charge in [0, 0.05) is 36.1 Å². The van der Waals surface area contributed by atoms with Crippen molar-refractivity contribution in [2.45, 2.75) is 30.1 Å². The smallest absolute Gasteiger partial charge is 0.240 e. The first kappa shape index (κ1) is 16.4. The summed E-state index contributed by atoms with van der Waals surface area (Å²) in [6.07, 6.45) is 4.17. The van der Waals surface area contributed by atoms with E-state index in [0.717, 1.165) is 18.4 Å². The number of nitrogens with zero attached hydrogens (tertiary/aromatic N) is 1. The van der Waals surface area contributed by atoms with E-state index in [1.807, 2.05) is 38.2 Å². The molecule has 0 spiro atoms. The van der Waals surface area contributed by atoms with Crippen molar-refractivity contribution >= 4 is 20.9 Å². The van der Waals surface area contributed by atoms with E-state index in [4.69, 9.17) is 0 Å². The summed E-state index contributed by atoms with van der Waals surface area (Å²) in [5.41, 5.74) is 3.12. The second-order valence-corrected chi connectivity index (χ2v) is 8.78. The molecule has 1 N–H and O–H groups in total. The summed E-state index contributed by atoms with van der Waals surface area (Å²) < 4.78 is 30.4. The minimum absolute atomic E-state index is 0.0867. The third-order valence-corrected chi connectivity index (χ3v) is 6.87. The summed E-state index contributed by atoms with van der Waals surface area (Å²) >= 11 is 0. The largest absolute Gasteiger partial charge is 0.350 e. The van der Waals surface area contributed by atoms with Crippen LogP contribution in [0.4, 0.5) is 0 Å². The number of sulfonamides is 1. The van der Waals surface area contributed by atoms with Gasteiger partial charge in [-0.1, -0.05) is 36.4 Å². The van der Waals surface area contributed by atoms with E-state index in [0.29, 0.717) is 11.4 Å². The number of para-hydroxylation sites is 1. The number of hydrogen-bond donors (Lipinski definition) is 1. The van der Waals surface area contributed by atoms with Crippen LogP contribution in [0.25, 0.3) is 10.9 Å². The first-order chi connectivity index (χ1) is 11.9. The standard InChI is InChI=1S/C20H22N2O2S/c1-15-7-3-6-10-19(15)25(23,24)21-14-20(11-12-20)17-13-22(2)18-9-5-4-8-16(17)18/h3-10,13,21H,11-12,14H2,1-2H3. The van der Waals surface area contributed by atoms with E-state index < -0.39 is 10.0 Å². The summed E-state index contributed by atoms with van der Waals surface area (Å²) in [7, 11) is -1.45. The predicted molar refractivity (Wildman–Crippen MR) is 100 cm³/mol. The third kappa shape index (κ3) is 2.77. The Morgan fingerprint density at radius 1 is 1.08 bits per heavy atom. The zero-order valence-corrected chi connectivity index (χ0v) is 15.3. The van der Waals surface area contributed by atoms with Crippen molar-refractivity contribution < 1.29 is 8.42 Å². The molecule has 4 rings (SSSR count). The monoisotopic (exact) mass is 354 g/mol. The van der Waals surface area contributed by atoms with Gasteiger partial charge in [0.05, 0.1) is 4.90 Å². The Labute approximate surface area is 148 Å². The van der Waals surface area contributed by atoms with Gasteiger partial charge in [-0.05, 0) is 43.0 Å². The molecule has 0 amide bonds. The lowest BCUT2D eigenvalue weighted by Crippen LogP contribution is -2.32. The molecule has 1 saturated carbocycles. The molecular formula is C20H22N2O2S. The van der Waals surface area contributed by atoms with Gasteiger partial charge in [-0.2, -0.15) is 0 Å². The van der Waals surface area contributed by atoms with Crippen molar-refractivity contribution in [3.63, 3.8) is 0 Å². The maximum Gasteiger partial charge on any atom is 0.240 e. The van der Waals surface area contributed by atoms with Crippen molar-refractivity contribution in [3.05, 3.63) is 65.9 Å². The molecule has 2 aromatic carbocycles. The van der Waals surface area contributed by atoms with E-state index in [1.54, 1.807) is 12.1 Å². The van der Waals surface area contributed by atoms with Crippen molar-refractivity contribution in [3.8, 4) is 0 Å². The van der Waals surface area contributed by atoms with E-state index in [2.05, 4.69) is 27.6 Å². The fourth-order valence-electron chi connectivity index (χ4n) is 3.63. The van der Waals surface area contributed by atoms with Crippen LogP contribution in [0.2, 0.25) is 0 Å². The highest BCUT2D eigenvalue weighted by Crippen LogP contribution is 2.50. The maximum absolute atomic E-state index is 12.7. The minimum Gasteiger partial charge on any atom is -0.350 e. The molecule has 0 aliphatic heterocycles. The summed E-state index contributed by atoms with van der Waals surface area (Å²) in [6, 6.07) is 15.4. The normalized spacial score (nSPS) is 16.2. The minimum atomic E-state index is -3.50. The van der Waals surface area contributed by atoms with Crippen molar-refractivity contribution in [1.29, 1.82) is 0 Å². The third-order valence-electron chi connectivity index (χ3n) is 5.31. The fraction of sp³-hybridized carbons (Fsp3) is 0.300. The Kier molecular flexibility index (Phi) is 3.74. The highest BCUT2D eigenvalue weighted by molar-refractivity contribution is 7.89. The first-order valence-electron chi connectivity index (χ1n) is 8.53. The molecule has 25 heavy (non-hydrogen) atoms. The molecule has 0 radical (unpaired) electrons. The number of hydrogen-bond acceptors (Lipinski definition) is 2. The molecule has 0 bridgehead atoms. The lowest BCUT2D eigenvalue weighted by Gasteiger charge is -2.16. The van der Waals surface area contributed by atoms with Gasteiger partial charge >= 0.3 is 0 Å². The summed E-state index contributed by atoms with van der Waals surface area (Å²) in [5, 5.41) is 1.22. The lowest BCUT2D eigenvalue weighted by atomic mass is 9.96. The van der Waals surface area contributed by atoms with E-state index in [-0.39, 0.29) is 5.41 Å². The van der Waals surface area contributed by atoms with Gasteiger partial charge in [-0.15, -0.1) is 0 Å². The molecule has 1 aliphatic carbocycles. The highest BCUT2D eigenvalue weighted by atomic mass is 32.2. The van der Waals surface area contributed by atoms with Crippen LogP contribution in [0.3, 0.4) is 0 Å². The van der Waals surface area contributed by atoms with Gasteiger partial charge in [0.1, 0.15) is 0 Å². The molecule has 0 saturated heterocycles. The molecule has 0 unspecified atom stereocenters. The zero-order chi connectivity index (χ0) is 17.7. The molecule has 1 aromatic heterocycles. The van der Waals surface area contributed by atoms with Gasteiger partial charge in [-0.3, -0.25) is 0 Å². The van der Waals surface area contributed by atoms with E-state index in [1.165, 1.54) is 16.5 Å². The summed E-state index contributed by atoms with van der Waals surface area (Å²) in [6.45, 7) is 2.27. The van der Waals surface area contributed by atoms with E-state index in [9.17, 15) is 8.42 Å². The SMILES string of the molecule is Cc1ccccc1S(=O)(=O)NCC1(c2cn(C)c3ccccc23)CC1. The fourth-order valence-corrected chi connectivity index (χ4v) is 5.00. The second kappa shape index (κ2) is 5.71. The molecule has 1 heterocycles. The van der Waals surface area contributed by atoms with Crippen LogP contribution in [0.15, 0.2) is 59.6 Å². The van der Waals surface area contributed by atoms with Gasteiger partial charge < -0.3 is 4.57 Å². The van der Waals surface area contributed by atoms with Gasteiger partial charge in [0.25, 0.3) is 0 Å². The Morgan fingerprint density at radius 3 is 2.48 bits per heavy atom. The van der Waals surface area contributed by atoms with Crippen LogP contribution in [0.5, 0.6) is 0 Å². The second-order valence-electron chi connectivity index (χ2n) is 7.04. The molecule has 1 fully saturated rings. The van der Waals surface area contributed by atoms with Crippen molar-refractivity contribution in [2.75, 3.05) is 6.54 Å². The first-order valence-corrected chi connectivity index (χ1v) is 10.0. The number of fused-ring (bicyclic) bond motifs is 1. The molecular weight excluding hydrogens is 332 g/mol. The van der Waals surface area contributed by atoms with Crippen LogP contribution >= 0.6 is 0 Å². The van der Waals surface area contributed by atoms with Crippen LogP contribution < -0.4 is 4.72 Å². The van der Waals surface area contributed by atoms with Crippen molar-refractivity contribution in [1.82, 2.24) is 9.29 Å². The number of aromatic nitrogens is 1.